The van der Waals surface area contributed by atoms with Crippen molar-refractivity contribution in [2.45, 2.75) is 6.92 Å². The smallest absolute Gasteiger partial charge is 0.325 e. The molecule has 0 saturated carbocycles. The van der Waals surface area contributed by atoms with E-state index in [2.05, 4.69) is 15.6 Å². The Morgan fingerprint density at radius 2 is 1.85 bits per heavy atom. The third-order valence-electron chi connectivity index (χ3n) is 3.78. The summed E-state index contributed by atoms with van der Waals surface area (Å²) >= 11 is 5.96. The predicted octanol–water partition coefficient (Wildman–Crippen LogP) is 4.17. The maximum Gasteiger partial charge on any atom is 0.325 e. The van der Waals surface area contributed by atoms with Crippen molar-refractivity contribution in [2.24, 2.45) is 0 Å². The Balaban J connectivity index is 1.88. The maximum absolute atomic E-state index is 12.2. The highest BCUT2D eigenvalue weighted by atomic mass is 35.5. The first-order valence-electron chi connectivity index (χ1n) is 8.15. The molecule has 7 heteroatoms. The number of halogens is 1. The molecule has 1 aromatic heterocycles. The number of aromatic nitrogens is 1. The van der Waals surface area contributed by atoms with Gasteiger partial charge in [0.1, 0.15) is 6.54 Å². The van der Waals surface area contributed by atoms with Gasteiger partial charge in [-0.15, -0.1) is 0 Å². The van der Waals surface area contributed by atoms with Gasteiger partial charge in [-0.2, -0.15) is 0 Å². The molecular formula is C19H18ClN3O3. The van der Waals surface area contributed by atoms with Crippen molar-refractivity contribution in [2.75, 3.05) is 18.5 Å². The number of carbonyl (C=O) groups excluding carboxylic acids is 2. The molecule has 2 amide bonds. The summed E-state index contributed by atoms with van der Waals surface area (Å²) < 4.78 is 4.80. The van der Waals surface area contributed by atoms with Crippen LogP contribution in [0.1, 0.15) is 6.92 Å². The van der Waals surface area contributed by atoms with Crippen LogP contribution in [0.25, 0.3) is 22.2 Å². The Morgan fingerprint density at radius 1 is 1.12 bits per heavy atom. The van der Waals surface area contributed by atoms with E-state index < -0.39 is 12.0 Å². The summed E-state index contributed by atoms with van der Waals surface area (Å²) in [5, 5.41) is 6.82. The van der Waals surface area contributed by atoms with E-state index >= 15 is 0 Å². The highest BCUT2D eigenvalue weighted by molar-refractivity contribution is 6.30. The summed E-state index contributed by atoms with van der Waals surface area (Å²) in [6, 6.07) is 14.5. The predicted molar refractivity (Wildman–Crippen MR) is 102 cm³/mol. The molecule has 3 rings (SSSR count). The molecule has 26 heavy (non-hydrogen) atoms. The first-order chi connectivity index (χ1) is 12.6. The molecule has 0 aliphatic carbocycles. The maximum atomic E-state index is 12.2. The van der Waals surface area contributed by atoms with E-state index in [-0.39, 0.29) is 13.2 Å². The van der Waals surface area contributed by atoms with Gasteiger partial charge in [-0.3, -0.25) is 4.79 Å². The fourth-order valence-electron chi connectivity index (χ4n) is 2.63. The topological polar surface area (TPSA) is 83.2 Å². The monoisotopic (exact) mass is 371 g/mol. The van der Waals surface area contributed by atoms with Gasteiger partial charge >= 0.3 is 12.0 Å². The first-order valence-corrected chi connectivity index (χ1v) is 8.53. The summed E-state index contributed by atoms with van der Waals surface area (Å²) in [5.74, 6) is -0.487. The lowest BCUT2D eigenvalue weighted by Gasteiger charge is -2.09. The molecule has 0 spiro atoms. The van der Waals surface area contributed by atoms with Crippen molar-refractivity contribution in [3.05, 3.63) is 53.6 Å². The molecule has 0 aliphatic rings. The number of hydrogen-bond donors (Lipinski definition) is 3. The van der Waals surface area contributed by atoms with Crippen LogP contribution in [-0.4, -0.2) is 30.1 Å². The summed E-state index contributed by atoms with van der Waals surface area (Å²) in [7, 11) is 0. The third kappa shape index (κ3) is 3.97. The number of H-pyrrole nitrogens is 1. The van der Waals surface area contributed by atoms with Gasteiger partial charge in [-0.05, 0) is 25.1 Å². The van der Waals surface area contributed by atoms with E-state index in [4.69, 9.17) is 16.3 Å². The van der Waals surface area contributed by atoms with Gasteiger partial charge in [0.15, 0.2) is 0 Å². The van der Waals surface area contributed by atoms with Crippen molar-refractivity contribution >= 4 is 40.2 Å². The Kier molecular flexibility index (Phi) is 5.43. The summed E-state index contributed by atoms with van der Waals surface area (Å²) in [6.07, 6.45) is 0. The van der Waals surface area contributed by atoms with Crippen molar-refractivity contribution in [1.82, 2.24) is 10.3 Å². The second kappa shape index (κ2) is 7.93. The highest BCUT2D eigenvalue weighted by Crippen LogP contribution is 2.35. The third-order valence-corrected chi connectivity index (χ3v) is 4.03. The van der Waals surface area contributed by atoms with Crippen LogP contribution in [0.2, 0.25) is 5.02 Å². The zero-order valence-electron chi connectivity index (χ0n) is 14.1. The van der Waals surface area contributed by atoms with E-state index in [1.54, 1.807) is 19.1 Å². The van der Waals surface area contributed by atoms with Crippen molar-refractivity contribution in [1.29, 1.82) is 0 Å². The number of esters is 1. The van der Waals surface area contributed by atoms with Crippen molar-refractivity contribution in [3.63, 3.8) is 0 Å². The number of hydrogen-bond acceptors (Lipinski definition) is 3. The van der Waals surface area contributed by atoms with E-state index in [1.165, 1.54) is 0 Å². The minimum Gasteiger partial charge on any atom is -0.465 e. The minimum absolute atomic E-state index is 0.196. The second-order valence-electron chi connectivity index (χ2n) is 5.54. The van der Waals surface area contributed by atoms with Crippen LogP contribution in [0, 0.1) is 0 Å². The van der Waals surface area contributed by atoms with E-state index in [1.807, 2.05) is 36.4 Å². The number of rotatable bonds is 5. The molecule has 0 radical (unpaired) electrons. The Bertz CT molecular complexity index is 935. The number of ether oxygens (including phenoxy) is 1. The number of nitrogens with one attached hydrogen (secondary N) is 3. The van der Waals surface area contributed by atoms with Gasteiger partial charge in [-0.1, -0.05) is 41.9 Å². The summed E-state index contributed by atoms with van der Waals surface area (Å²) in [5.41, 5.74) is 3.16. The van der Waals surface area contributed by atoms with E-state index in [0.717, 1.165) is 22.2 Å². The molecule has 3 N–H and O–H groups in total. The number of benzene rings is 2. The van der Waals surface area contributed by atoms with Gasteiger partial charge in [0, 0.05) is 21.5 Å². The molecule has 134 valence electrons. The molecule has 3 aromatic rings. The van der Waals surface area contributed by atoms with Gasteiger partial charge in [-0.25, -0.2) is 4.79 Å². The van der Waals surface area contributed by atoms with Crippen molar-refractivity contribution in [3.8, 4) is 11.3 Å². The van der Waals surface area contributed by atoms with Crippen LogP contribution in [-0.2, 0) is 9.53 Å². The van der Waals surface area contributed by atoms with E-state index in [0.29, 0.717) is 10.7 Å². The van der Waals surface area contributed by atoms with Crippen LogP contribution in [0.4, 0.5) is 10.5 Å². The second-order valence-corrected chi connectivity index (χ2v) is 5.98. The average Bonchev–Trinajstić information content (AvgIpc) is 2.99. The fraction of sp³-hybridized carbons (Fsp3) is 0.158. The van der Waals surface area contributed by atoms with Crippen LogP contribution in [0.15, 0.2) is 48.5 Å². The molecular weight excluding hydrogens is 354 g/mol. The molecule has 0 aliphatic heterocycles. The number of amides is 2. The molecule has 0 bridgehead atoms. The molecule has 0 fully saturated rings. The van der Waals surface area contributed by atoms with Gasteiger partial charge in [0.2, 0.25) is 0 Å². The zero-order chi connectivity index (χ0) is 18.5. The highest BCUT2D eigenvalue weighted by Gasteiger charge is 2.16. The summed E-state index contributed by atoms with van der Waals surface area (Å²) in [4.78, 5) is 26.9. The van der Waals surface area contributed by atoms with E-state index in [9.17, 15) is 9.59 Å². The normalized spacial score (nSPS) is 10.5. The van der Waals surface area contributed by atoms with Crippen molar-refractivity contribution < 1.29 is 14.3 Å². The lowest BCUT2D eigenvalue weighted by Crippen LogP contribution is -2.34. The zero-order valence-corrected chi connectivity index (χ0v) is 14.9. The largest absolute Gasteiger partial charge is 0.465 e. The standard InChI is InChI=1S/C19H18ClN3O3/c1-2-26-16(24)11-21-19(25)23-18-14-5-3-4-6-15(14)22-17(18)12-7-9-13(20)10-8-12/h3-10,22H,2,11H2,1H3,(H2,21,23,25). The molecule has 2 aromatic carbocycles. The lowest BCUT2D eigenvalue weighted by molar-refractivity contribution is -0.141. The lowest BCUT2D eigenvalue weighted by atomic mass is 10.1. The Labute approximate surface area is 155 Å². The van der Waals surface area contributed by atoms with Gasteiger partial charge < -0.3 is 20.4 Å². The van der Waals surface area contributed by atoms with Gasteiger partial charge in [0.05, 0.1) is 18.0 Å². The fourth-order valence-corrected chi connectivity index (χ4v) is 2.75. The minimum atomic E-state index is -0.488. The van der Waals surface area contributed by atoms with Crippen LogP contribution < -0.4 is 10.6 Å². The molecule has 0 saturated heterocycles. The molecule has 6 nitrogen and oxygen atoms in total. The number of para-hydroxylation sites is 1. The average molecular weight is 372 g/mol. The number of aromatic amines is 1. The Morgan fingerprint density at radius 3 is 2.58 bits per heavy atom. The number of carbonyl (C=O) groups is 2. The van der Waals surface area contributed by atoms with Gasteiger partial charge in [0.25, 0.3) is 0 Å². The number of anilines is 1. The summed E-state index contributed by atoms with van der Waals surface area (Å²) in [6.45, 7) is 1.78. The van der Waals surface area contributed by atoms with Crippen LogP contribution in [0.5, 0.6) is 0 Å². The quantitative estimate of drug-likeness (QED) is 0.588. The number of fused-ring (bicyclic) bond motifs is 1. The SMILES string of the molecule is CCOC(=O)CNC(=O)Nc1c(-c2ccc(Cl)cc2)[nH]c2ccccc12. The van der Waals surface area contributed by atoms with Crippen LogP contribution in [0.3, 0.4) is 0 Å². The molecule has 0 unspecified atom stereocenters. The molecule has 1 heterocycles. The van der Waals surface area contributed by atoms with Crippen LogP contribution >= 0.6 is 11.6 Å². The molecule has 0 atom stereocenters. The Hall–Kier alpha value is -2.99. The number of urea groups is 1. The first kappa shape index (κ1) is 17.8.